The first-order valence-electron chi connectivity index (χ1n) is 4.87. The molecule has 6 radical (unpaired) electrons. The number of carboxylic acid groups (broad SMARTS) is 1. The first kappa shape index (κ1) is 12.4. The van der Waals surface area contributed by atoms with Crippen molar-refractivity contribution in [1.82, 2.24) is 20.0 Å². The molecule has 18 heavy (non-hydrogen) atoms. The molecule has 6 nitrogen and oxygen atoms in total. The van der Waals surface area contributed by atoms with Crippen molar-refractivity contribution in [3.05, 3.63) is 35.9 Å². The maximum Gasteiger partial charge on any atom is 0.356 e. The van der Waals surface area contributed by atoms with Gasteiger partial charge in [0.05, 0.1) is 35.9 Å². The van der Waals surface area contributed by atoms with Gasteiger partial charge < -0.3 is 5.11 Å². The van der Waals surface area contributed by atoms with E-state index >= 15 is 0 Å². The summed E-state index contributed by atoms with van der Waals surface area (Å²) in [4.78, 5) is 16.1. The Labute approximate surface area is 107 Å². The molecule has 0 fully saturated rings. The summed E-state index contributed by atoms with van der Waals surface area (Å²) in [6.07, 6.45) is 2.83. The van der Waals surface area contributed by atoms with Gasteiger partial charge >= 0.3 is 5.97 Å². The van der Waals surface area contributed by atoms with Crippen molar-refractivity contribution in [2.24, 2.45) is 0 Å². The molecule has 0 aliphatic rings. The Hall–Kier alpha value is -2.05. The molecule has 0 aliphatic carbocycles. The molecule has 0 aliphatic heterocycles. The molecular weight excluding hydrogens is 229 g/mol. The number of hydrogen-bond acceptors (Lipinski definition) is 4. The van der Waals surface area contributed by atoms with Crippen LogP contribution in [0.15, 0.2) is 24.5 Å². The third-order valence-corrected chi connectivity index (χ3v) is 2.15. The Morgan fingerprint density at radius 3 is 2.33 bits per heavy atom. The van der Waals surface area contributed by atoms with Crippen LogP contribution in [0.4, 0.5) is 0 Å². The lowest BCUT2D eigenvalue weighted by atomic mass is 9.41. The van der Waals surface area contributed by atoms with Gasteiger partial charge in [-0.15, -0.1) is 4.80 Å². The number of nitrogens with zero attached hydrogens (tertiary/aromatic N) is 4. The van der Waals surface area contributed by atoms with Crippen molar-refractivity contribution in [3.8, 4) is 5.69 Å². The second-order valence-electron chi connectivity index (χ2n) is 3.62. The average Bonchev–Trinajstić information content (AvgIpc) is 2.80. The standard InChI is InChI=1S/C9H5B3N4O2/c10-9(11,12)6-2-1-5(7(15-6)8(17)18)16-13-3-4-14-16/h1-4H,(H,17,18). The van der Waals surface area contributed by atoms with E-state index in [2.05, 4.69) is 15.2 Å². The Morgan fingerprint density at radius 2 is 1.83 bits per heavy atom. The predicted molar refractivity (Wildman–Crippen MR) is 65.1 cm³/mol. The quantitative estimate of drug-likeness (QED) is 0.686. The van der Waals surface area contributed by atoms with Crippen LogP contribution in [0.3, 0.4) is 0 Å². The third kappa shape index (κ3) is 2.29. The van der Waals surface area contributed by atoms with Gasteiger partial charge in [0.1, 0.15) is 5.69 Å². The number of hydrogen-bond donors (Lipinski definition) is 1. The molecule has 0 aromatic carbocycles. The van der Waals surface area contributed by atoms with Crippen LogP contribution in [-0.4, -0.2) is 54.6 Å². The smallest absolute Gasteiger partial charge is 0.356 e. The molecule has 1 N–H and O–H groups in total. The molecule has 0 bridgehead atoms. The number of pyridine rings is 1. The summed E-state index contributed by atoms with van der Waals surface area (Å²) >= 11 is 0. The van der Waals surface area contributed by atoms with Crippen LogP contribution >= 0.6 is 0 Å². The van der Waals surface area contributed by atoms with Crippen LogP contribution in [0.25, 0.3) is 5.69 Å². The van der Waals surface area contributed by atoms with E-state index in [-0.39, 0.29) is 17.1 Å². The molecule has 0 spiro atoms. The van der Waals surface area contributed by atoms with Crippen LogP contribution in [0.1, 0.15) is 16.2 Å². The van der Waals surface area contributed by atoms with Gasteiger partial charge in [-0.2, -0.15) is 10.2 Å². The first-order valence-corrected chi connectivity index (χ1v) is 4.87. The molecular formula is C9H5B3N4O2. The van der Waals surface area contributed by atoms with Crippen LogP contribution in [0, 0.1) is 0 Å². The van der Waals surface area contributed by atoms with E-state index in [1.165, 1.54) is 24.5 Å². The lowest BCUT2D eigenvalue weighted by molar-refractivity contribution is 0.0690. The maximum absolute atomic E-state index is 11.1. The highest BCUT2D eigenvalue weighted by Gasteiger charge is 2.20. The van der Waals surface area contributed by atoms with Crippen LogP contribution in [0.5, 0.6) is 0 Å². The predicted octanol–water partition coefficient (Wildman–Crippen LogP) is -1.02. The van der Waals surface area contributed by atoms with E-state index in [0.29, 0.717) is 0 Å². The zero-order valence-corrected chi connectivity index (χ0v) is 9.19. The Morgan fingerprint density at radius 1 is 1.22 bits per heavy atom. The van der Waals surface area contributed by atoms with Crippen LogP contribution in [-0.2, 0) is 5.11 Å². The van der Waals surface area contributed by atoms with E-state index in [4.69, 9.17) is 28.6 Å². The van der Waals surface area contributed by atoms with Crippen LogP contribution < -0.4 is 0 Å². The molecule has 0 saturated carbocycles. The summed E-state index contributed by atoms with van der Waals surface area (Å²) in [5.41, 5.74) is -0.0364. The summed E-state index contributed by atoms with van der Waals surface area (Å²) in [6.45, 7) is 0. The second-order valence-corrected chi connectivity index (χ2v) is 3.62. The van der Waals surface area contributed by atoms with E-state index in [1.807, 2.05) is 0 Å². The maximum atomic E-state index is 11.1. The molecule has 9 heteroatoms. The monoisotopic (exact) mass is 234 g/mol. The molecule has 82 valence electrons. The fourth-order valence-corrected chi connectivity index (χ4v) is 1.35. The summed E-state index contributed by atoms with van der Waals surface area (Å²) in [7, 11) is 16.4. The number of rotatable bonds is 3. The molecule has 0 saturated heterocycles. The lowest BCUT2D eigenvalue weighted by Crippen LogP contribution is -2.29. The fourth-order valence-electron chi connectivity index (χ4n) is 1.35. The van der Waals surface area contributed by atoms with Crippen molar-refractivity contribution in [1.29, 1.82) is 0 Å². The molecule has 2 aromatic heterocycles. The van der Waals surface area contributed by atoms with Crippen molar-refractivity contribution in [2.45, 2.75) is 5.11 Å². The van der Waals surface area contributed by atoms with Crippen molar-refractivity contribution in [3.63, 3.8) is 0 Å². The van der Waals surface area contributed by atoms with Crippen molar-refractivity contribution < 1.29 is 9.90 Å². The van der Waals surface area contributed by atoms with Gasteiger partial charge in [0.15, 0.2) is 5.69 Å². The van der Waals surface area contributed by atoms with E-state index < -0.39 is 11.1 Å². The molecule has 0 amide bonds. The summed E-state index contributed by atoms with van der Waals surface area (Å²) in [6, 6.07) is 2.86. The van der Waals surface area contributed by atoms with Crippen molar-refractivity contribution >= 4 is 29.5 Å². The van der Waals surface area contributed by atoms with Gasteiger partial charge in [0.25, 0.3) is 0 Å². The molecule has 2 heterocycles. The second kappa shape index (κ2) is 4.32. The van der Waals surface area contributed by atoms with Crippen molar-refractivity contribution in [2.75, 3.05) is 0 Å². The lowest BCUT2D eigenvalue weighted by Gasteiger charge is -2.19. The largest absolute Gasteiger partial charge is 0.476 e. The Balaban J connectivity index is 2.59. The zero-order valence-electron chi connectivity index (χ0n) is 9.19. The normalized spacial score (nSPS) is 11.3. The summed E-state index contributed by atoms with van der Waals surface area (Å²) in [5, 5.41) is 15.1. The van der Waals surface area contributed by atoms with Gasteiger partial charge in [0, 0.05) is 5.69 Å². The summed E-state index contributed by atoms with van der Waals surface area (Å²) < 4.78 is 0. The third-order valence-electron chi connectivity index (χ3n) is 2.15. The van der Waals surface area contributed by atoms with Gasteiger partial charge in [0.2, 0.25) is 0 Å². The number of carbonyl (C=O) groups is 1. The Kier molecular flexibility index (Phi) is 2.98. The fraction of sp³-hybridized carbons (Fsp3) is 0.111. The minimum Gasteiger partial charge on any atom is -0.476 e. The molecule has 0 unspecified atom stereocenters. The SMILES string of the molecule is [B]C([B])([B])c1ccc(-n2nccn2)c(C(=O)O)n1. The molecule has 2 rings (SSSR count). The van der Waals surface area contributed by atoms with Gasteiger partial charge in [-0.25, -0.2) is 9.78 Å². The Bertz CT molecular complexity index is 580. The van der Waals surface area contributed by atoms with E-state index in [9.17, 15) is 4.79 Å². The highest BCUT2D eigenvalue weighted by molar-refractivity contribution is 6.58. The molecule has 0 atom stereocenters. The average molecular weight is 234 g/mol. The number of carboxylic acids is 1. The van der Waals surface area contributed by atoms with E-state index in [1.54, 1.807) is 0 Å². The topological polar surface area (TPSA) is 80.9 Å². The van der Waals surface area contributed by atoms with E-state index in [0.717, 1.165) is 4.80 Å². The number of aromatic nitrogens is 4. The minimum absolute atomic E-state index is 0.0517. The highest BCUT2D eigenvalue weighted by atomic mass is 16.4. The number of aromatic carboxylic acids is 1. The van der Waals surface area contributed by atoms with Gasteiger partial charge in [-0.05, 0) is 12.1 Å². The van der Waals surface area contributed by atoms with Crippen LogP contribution in [0.2, 0.25) is 0 Å². The molecule has 2 aromatic rings. The zero-order chi connectivity index (χ0) is 13.3. The summed E-state index contributed by atoms with van der Waals surface area (Å²) in [5.74, 6) is -1.26. The highest BCUT2D eigenvalue weighted by Crippen LogP contribution is 2.16. The van der Waals surface area contributed by atoms with Gasteiger partial charge in [-0.3, -0.25) is 0 Å². The first-order chi connectivity index (χ1) is 8.39. The van der Waals surface area contributed by atoms with Gasteiger partial charge in [-0.1, -0.05) is 5.11 Å². The minimum atomic E-state index is -1.71.